The number of carbonyl (C=O) groups is 1. The highest BCUT2D eigenvalue weighted by Gasteiger charge is 2.16. The number of carbonyl (C=O) groups excluding carboxylic acids is 1. The van der Waals surface area contributed by atoms with Gasteiger partial charge in [0.2, 0.25) is 5.91 Å². The van der Waals surface area contributed by atoms with Gasteiger partial charge in [-0.2, -0.15) is 5.10 Å². The van der Waals surface area contributed by atoms with E-state index in [0.29, 0.717) is 0 Å². The van der Waals surface area contributed by atoms with Crippen LogP contribution in [-0.2, 0) is 4.79 Å². The molecular formula is C8H14N4OS. The fourth-order valence-electron chi connectivity index (χ4n) is 1.33. The SMILES string of the molecule is CC(=O)N1CCC(=NNC(N)=S)CC1. The Kier molecular flexibility index (Phi) is 3.82. The third kappa shape index (κ3) is 3.29. The Bertz CT molecular complexity index is 267. The van der Waals surface area contributed by atoms with E-state index < -0.39 is 0 Å². The van der Waals surface area contributed by atoms with E-state index in [1.807, 2.05) is 0 Å². The van der Waals surface area contributed by atoms with Crippen molar-refractivity contribution in [1.29, 1.82) is 0 Å². The second-order valence-corrected chi connectivity index (χ2v) is 3.60. The van der Waals surface area contributed by atoms with Crippen molar-refractivity contribution in [2.75, 3.05) is 13.1 Å². The minimum absolute atomic E-state index is 0.117. The maximum Gasteiger partial charge on any atom is 0.219 e. The van der Waals surface area contributed by atoms with E-state index in [2.05, 4.69) is 22.7 Å². The average molecular weight is 214 g/mol. The topological polar surface area (TPSA) is 70.7 Å². The van der Waals surface area contributed by atoms with E-state index in [-0.39, 0.29) is 11.0 Å². The molecule has 78 valence electrons. The summed E-state index contributed by atoms with van der Waals surface area (Å²) in [5, 5.41) is 4.21. The maximum absolute atomic E-state index is 11.0. The van der Waals surface area contributed by atoms with Crippen LogP contribution in [0.4, 0.5) is 0 Å². The Balaban J connectivity index is 2.39. The molecule has 1 rings (SSSR count). The first-order chi connectivity index (χ1) is 6.59. The van der Waals surface area contributed by atoms with E-state index in [4.69, 9.17) is 5.73 Å². The number of hydrogen-bond acceptors (Lipinski definition) is 3. The lowest BCUT2D eigenvalue weighted by molar-refractivity contribution is -0.128. The molecule has 0 unspecified atom stereocenters. The van der Waals surface area contributed by atoms with Crippen LogP contribution in [0.1, 0.15) is 19.8 Å². The molecule has 0 aromatic rings. The van der Waals surface area contributed by atoms with Crippen molar-refractivity contribution < 1.29 is 4.79 Å². The molecule has 0 aromatic carbocycles. The van der Waals surface area contributed by atoms with Crippen molar-refractivity contribution in [2.24, 2.45) is 10.8 Å². The van der Waals surface area contributed by atoms with E-state index in [1.165, 1.54) is 0 Å². The zero-order valence-electron chi connectivity index (χ0n) is 8.12. The summed E-state index contributed by atoms with van der Waals surface area (Å²) in [5.74, 6) is 0.117. The highest BCUT2D eigenvalue weighted by Crippen LogP contribution is 2.06. The third-order valence-corrected chi connectivity index (χ3v) is 2.20. The van der Waals surface area contributed by atoms with Crippen LogP contribution in [0.25, 0.3) is 0 Å². The molecule has 1 aliphatic rings. The second-order valence-electron chi connectivity index (χ2n) is 3.16. The first kappa shape index (κ1) is 10.9. The molecule has 1 aliphatic heterocycles. The number of nitrogens with one attached hydrogen (secondary N) is 1. The normalized spacial score (nSPS) is 16.4. The second kappa shape index (κ2) is 4.90. The Morgan fingerprint density at radius 3 is 2.57 bits per heavy atom. The van der Waals surface area contributed by atoms with Crippen molar-refractivity contribution in [2.45, 2.75) is 19.8 Å². The quantitative estimate of drug-likeness (QED) is 0.469. The number of nitrogens with two attached hydrogens (primary N) is 1. The molecule has 0 radical (unpaired) electrons. The fraction of sp³-hybridized carbons (Fsp3) is 0.625. The first-order valence-corrected chi connectivity index (χ1v) is 4.87. The lowest BCUT2D eigenvalue weighted by Crippen LogP contribution is -2.38. The molecule has 3 N–H and O–H groups in total. The van der Waals surface area contributed by atoms with Gasteiger partial charge < -0.3 is 10.6 Å². The molecule has 14 heavy (non-hydrogen) atoms. The average Bonchev–Trinajstić information content (AvgIpc) is 2.15. The van der Waals surface area contributed by atoms with Gasteiger partial charge in [-0.05, 0) is 12.2 Å². The summed E-state index contributed by atoms with van der Waals surface area (Å²) in [7, 11) is 0. The fourth-order valence-corrected chi connectivity index (χ4v) is 1.37. The molecule has 1 heterocycles. The predicted molar refractivity (Wildman–Crippen MR) is 58.8 cm³/mol. The van der Waals surface area contributed by atoms with E-state index in [9.17, 15) is 4.79 Å². The Labute approximate surface area is 88.3 Å². The van der Waals surface area contributed by atoms with Crippen LogP contribution >= 0.6 is 12.2 Å². The minimum Gasteiger partial charge on any atom is -0.375 e. The molecule has 6 heteroatoms. The molecular weight excluding hydrogens is 200 g/mol. The minimum atomic E-state index is 0.117. The lowest BCUT2D eigenvalue weighted by atomic mass is 10.1. The standard InChI is InChI=1S/C8H14N4OS/c1-6(13)12-4-2-7(3-5-12)10-11-8(9)14/h2-5H2,1H3,(H3,9,11,14). The molecule has 1 amide bonds. The number of amides is 1. The van der Waals surface area contributed by atoms with Gasteiger partial charge >= 0.3 is 0 Å². The van der Waals surface area contributed by atoms with Gasteiger partial charge in [0, 0.05) is 38.6 Å². The van der Waals surface area contributed by atoms with E-state index in [1.54, 1.807) is 11.8 Å². The van der Waals surface area contributed by atoms with Gasteiger partial charge in [-0.1, -0.05) is 0 Å². The molecule has 0 bridgehead atoms. The van der Waals surface area contributed by atoms with Gasteiger partial charge in [-0.15, -0.1) is 0 Å². The number of piperidine rings is 1. The number of thiocarbonyl (C=S) groups is 1. The van der Waals surface area contributed by atoms with E-state index >= 15 is 0 Å². The summed E-state index contributed by atoms with van der Waals surface area (Å²) in [6.45, 7) is 3.04. The molecule has 1 saturated heterocycles. The van der Waals surface area contributed by atoms with Crippen LogP contribution in [0, 0.1) is 0 Å². The molecule has 0 spiro atoms. The molecule has 0 aliphatic carbocycles. The summed E-state index contributed by atoms with van der Waals surface area (Å²) in [4.78, 5) is 12.8. The molecule has 5 nitrogen and oxygen atoms in total. The third-order valence-electron chi connectivity index (χ3n) is 2.11. The Morgan fingerprint density at radius 1 is 1.57 bits per heavy atom. The zero-order valence-corrected chi connectivity index (χ0v) is 8.93. The molecule has 1 fully saturated rings. The van der Waals surface area contributed by atoms with Crippen molar-refractivity contribution in [3.05, 3.63) is 0 Å². The number of rotatable bonds is 1. The number of hydrazone groups is 1. The van der Waals surface area contributed by atoms with Crippen LogP contribution in [-0.4, -0.2) is 34.7 Å². The van der Waals surface area contributed by atoms with Gasteiger partial charge in [-0.25, -0.2) is 0 Å². The Hall–Kier alpha value is -1.17. The first-order valence-electron chi connectivity index (χ1n) is 4.46. The highest BCUT2D eigenvalue weighted by molar-refractivity contribution is 7.80. The number of nitrogens with zero attached hydrogens (tertiary/aromatic N) is 2. The van der Waals surface area contributed by atoms with Gasteiger partial charge in [-0.3, -0.25) is 10.2 Å². The summed E-state index contributed by atoms with van der Waals surface area (Å²) in [6, 6.07) is 0. The van der Waals surface area contributed by atoms with Gasteiger partial charge in [0.25, 0.3) is 0 Å². The van der Waals surface area contributed by atoms with Crippen LogP contribution in [0.2, 0.25) is 0 Å². The highest BCUT2D eigenvalue weighted by atomic mass is 32.1. The predicted octanol–water partition coefficient (Wildman–Crippen LogP) is -0.182. The summed E-state index contributed by atoms with van der Waals surface area (Å²) in [5.41, 5.74) is 8.80. The Morgan fingerprint density at radius 2 is 2.14 bits per heavy atom. The lowest BCUT2D eigenvalue weighted by Gasteiger charge is -2.26. The number of hydrogen-bond donors (Lipinski definition) is 2. The summed E-state index contributed by atoms with van der Waals surface area (Å²) < 4.78 is 0. The molecule has 0 atom stereocenters. The largest absolute Gasteiger partial charge is 0.375 e. The van der Waals surface area contributed by atoms with Crippen molar-refractivity contribution in [3.63, 3.8) is 0 Å². The number of likely N-dealkylation sites (tertiary alicyclic amines) is 1. The van der Waals surface area contributed by atoms with E-state index in [0.717, 1.165) is 31.6 Å². The van der Waals surface area contributed by atoms with Crippen LogP contribution in [0.5, 0.6) is 0 Å². The van der Waals surface area contributed by atoms with Crippen molar-refractivity contribution in [1.82, 2.24) is 10.3 Å². The zero-order chi connectivity index (χ0) is 10.6. The van der Waals surface area contributed by atoms with Crippen LogP contribution in [0.3, 0.4) is 0 Å². The monoisotopic (exact) mass is 214 g/mol. The van der Waals surface area contributed by atoms with Gasteiger partial charge in [0.1, 0.15) is 0 Å². The smallest absolute Gasteiger partial charge is 0.219 e. The molecule has 0 saturated carbocycles. The maximum atomic E-state index is 11.0. The van der Waals surface area contributed by atoms with Gasteiger partial charge in [0.05, 0.1) is 0 Å². The molecule has 0 aromatic heterocycles. The van der Waals surface area contributed by atoms with Crippen molar-refractivity contribution >= 4 is 28.9 Å². The summed E-state index contributed by atoms with van der Waals surface area (Å²) >= 11 is 4.62. The van der Waals surface area contributed by atoms with Gasteiger partial charge in [0.15, 0.2) is 5.11 Å². The van der Waals surface area contributed by atoms with Crippen LogP contribution in [0.15, 0.2) is 5.10 Å². The summed E-state index contributed by atoms with van der Waals surface area (Å²) in [6.07, 6.45) is 1.57. The van der Waals surface area contributed by atoms with Crippen molar-refractivity contribution in [3.8, 4) is 0 Å². The van der Waals surface area contributed by atoms with Crippen LogP contribution < -0.4 is 11.2 Å².